The van der Waals surface area contributed by atoms with Crippen LogP contribution in [0.1, 0.15) is 6.23 Å². The Kier molecular flexibility index (Phi) is 5.34. The summed E-state index contributed by atoms with van der Waals surface area (Å²) in [6, 6.07) is 23.0. The predicted molar refractivity (Wildman–Crippen MR) is 156 cm³/mol. The molecule has 0 unspecified atom stereocenters. The van der Waals surface area contributed by atoms with Crippen LogP contribution in [0.4, 0.5) is 0 Å². The number of nitrogens with one attached hydrogen (secondary N) is 1. The number of ether oxygens (including phenoxy) is 1. The summed E-state index contributed by atoms with van der Waals surface area (Å²) in [6.45, 7) is -0.554. The molecule has 0 saturated carbocycles. The third-order valence-corrected chi connectivity index (χ3v) is 8.24. The van der Waals surface area contributed by atoms with Crippen molar-refractivity contribution in [2.24, 2.45) is 0 Å². The third kappa shape index (κ3) is 3.48. The highest BCUT2D eigenvalue weighted by atomic mass is 16.6. The van der Waals surface area contributed by atoms with Gasteiger partial charge >= 0.3 is 5.69 Å². The van der Waals surface area contributed by atoms with Crippen molar-refractivity contribution in [2.75, 3.05) is 6.61 Å². The maximum Gasteiger partial charge on any atom is 0.330 e. The number of aromatic nitrogens is 5. The Hall–Kier alpha value is -4.94. The number of hydrogen-bond donors (Lipinski definition) is 4. The summed E-state index contributed by atoms with van der Waals surface area (Å²) < 4.78 is 7.69. The maximum atomic E-state index is 12.8. The van der Waals surface area contributed by atoms with Crippen molar-refractivity contribution in [2.45, 2.75) is 24.5 Å². The fraction of sp³-hybridized carbons (Fsp3) is 0.161. The summed E-state index contributed by atoms with van der Waals surface area (Å²) in [6.07, 6.45) is -2.54. The van der Waals surface area contributed by atoms with Crippen LogP contribution >= 0.6 is 0 Å². The molecule has 11 nitrogen and oxygen atoms in total. The molecule has 8 rings (SSSR count). The van der Waals surface area contributed by atoms with Crippen molar-refractivity contribution in [3.8, 4) is 16.9 Å². The van der Waals surface area contributed by atoms with Crippen LogP contribution in [0.15, 0.2) is 88.7 Å². The second-order valence-corrected chi connectivity index (χ2v) is 10.6. The number of aromatic amines is 1. The van der Waals surface area contributed by atoms with Crippen LogP contribution in [-0.2, 0) is 4.74 Å². The topological polar surface area (TPSA) is 155 Å². The van der Waals surface area contributed by atoms with E-state index in [4.69, 9.17) is 4.74 Å². The summed E-state index contributed by atoms with van der Waals surface area (Å²) in [5.41, 5.74) is -0.312. The number of aliphatic hydroxyl groups is 3. The molecule has 1 saturated heterocycles. The second kappa shape index (κ2) is 9.03. The van der Waals surface area contributed by atoms with E-state index in [0.29, 0.717) is 5.69 Å². The molecule has 5 aromatic carbocycles. The Morgan fingerprint density at radius 2 is 1.50 bits per heavy atom. The molecule has 0 spiro atoms. The van der Waals surface area contributed by atoms with E-state index in [-0.39, 0.29) is 5.69 Å². The number of aliphatic hydroxyl groups excluding tert-OH is 3. The normalized spacial score (nSPS) is 20.9. The Bertz CT molecular complexity index is 2280. The number of hydrogen-bond acceptors (Lipinski definition) is 8. The van der Waals surface area contributed by atoms with Gasteiger partial charge in [-0.25, -0.2) is 9.48 Å². The first-order valence-electron chi connectivity index (χ1n) is 13.4. The number of nitrogens with zero attached hydrogens (tertiary/aromatic N) is 4. The van der Waals surface area contributed by atoms with Crippen LogP contribution in [0.3, 0.4) is 0 Å². The zero-order valence-corrected chi connectivity index (χ0v) is 21.9. The minimum Gasteiger partial charge on any atom is -0.394 e. The number of fused-ring (bicyclic) bond motifs is 2. The Morgan fingerprint density at radius 3 is 2.19 bits per heavy atom. The highest BCUT2D eigenvalue weighted by Gasteiger charge is 2.44. The molecular formula is C31H23N5O6. The van der Waals surface area contributed by atoms with E-state index < -0.39 is 42.4 Å². The van der Waals surface area contributed by atoms with Crippen LogP contribution in [0, 0.1) is 0 Å². The van der Waals surface area contributed by atoms with Crippen molar-refractivity contribution in [1.29, 1.82) is 0 Å². The summed E-state index contributed by atoms with van der Waals surface area (Å²) in [4.78, 5) is 27.6. The molecule has 42 heavy (non-hydrogen) atoms. The molecule has 7 aromatic rings. The van der Waals surface area contributed by atoms with Gasteiger partial charge < -0.3 is 20.1 Å². The molecule has 0 radical (unpaired) electrons. The zero-order chi connectivity index (χ0) is 28.7. The summed E-state index contributed by atoms with van der Waals surface area (Å²) in [5, 5.41) is 47.6. The van der Waals surface area contributed by atoms with Gasteiger partial charge in [-0.3, -0.25) is 14.3 Å². The maximum absolute atomic E-state index is 12.8. The predicted octanol–water partition coefficient (Wildman–Crippen LogP) is 2.45. The lowest BCUT2D eigenvalue weighted by Crippen LogP contribution is -2.39. The molecule has 1 aliphatic heterocycles. The van der Waals surface area contributed by atoms with Gasteiger partial charge in [0.05, 0.1) is 12.8 Å². The molecule has 4 N–H and O–H groups in total. The van der Waals surface area contributed by atoms with Gasteiger partial charge in [-0.15, -0.1) is 5.10 Å². The van der Waals surface area contributed by atoms with E-state index >= 15 is 0 Å². The van der Waals surface area contributed by atoms with E-state index in [2.05, 4.69) is 69.9 Å². The highest BCUT2D eigenvalue weighted by Crippen LogP contribution is 2.41. The number of rotatable bonds is 4. The van der Waals surface area contributed by atoms with Gasteiger partial charge in [0.25, 0.3) is 5.56 Å². The SMILES string of the molecule is O=c1[nH]c(=O)n([C@@H]2O[C@H](CO)[C@@H](O)[C@H]2O)cc1-n1cc(-c2cc3cccc4c5cccc6cccc(c(c2)c34)c65)nn1. The van der Waals surface area contributed by atoms with Crippen molar-refractivity contribution < 1.29 is 20.1 Å². The average molecular weight is 562 g/mol. The lowest BCUT2D eigenvalue weighted by atomic mass is 9.88. The smallest absolute Gasteiger partial charge is 0.330 e. The van der Waals surface area contributed by atoms with Gasteiger partial charge in [-0.05, 0) is 55.2 Å². The number of benzene rings is 5. The largest absolute Gasteiger partial charge is 0.394 e. The average Bonchev–Trinajstić information content (AvgIpc) is 3.60. The standard InChI is InChI=1S/C31H23N5O6/c37-14-24-27(38)28(39)30(42-24)35-13-23(29(40)32-31(35)41)36-12-22(33-34-36)17-10-16-6-3-8-19-18-7-1-4-15-5-2-9-20(25(15)18)21(11-17)26(16)19/h1-13,24,27-28,30,37-39H,14H2,(H,32,40,41)/t24-,27-,28-,30-/m1/s1. The van der Waals surface area contributed by atoms with Gasteiger partial charge in [0, 0.05) is 11.8 Å². The van der Waals surface area contributed by atoms with E-state index in [1.165, 1.54) is 27.0 Å². The summed E-state index contributed by atoms with van der Waals surface area (Å²) in [5.74, 6) is 0. The molecule has 0 aliphatic carbocycles. The molecular weight excluding hydrogens is 538 g/mol. The molecule has 2 aromatic heterocycles. The minimum absolute atomic E-state index is 0.0470. The van der Waals surface area contributed by atoms with Crippen LogP contribution in [-0.4, -0.2) is 64.8 Å². The van der Waals surface area contributed by atoms with Crippen molar-refractivity contribution >= 4 is 43.1 Å². The molecule has 1 fully saturated rings. The van der Waals surface area contributed by atoms with E-state index in [0.717, 1.165) is 37.1 Å². The monoisotopic (exact) mass is 561 g/mol. The molecule has 208 valence electrons. The Morgan fingerprint density at radius 1 is 0.833 bits per heavy atom. The van der Waals surface area contributed by atoms with Gasteiger partial charge in [-0.1, -0.05) is 59.8 Å². The highest BCUT2D eigenvalue weighted by molar-refractivity contribution is 6.33. The lowest BCUT2D eigenvalue weighted by molar-refractivity contribution is -0.0550. The Balaban J connectivity index is 1.27. The quantitative estimate of drug-likeness (QED) is 0.189. The van der Waals surface area contributed by atoms with Crippen molar-refractivity contribution in [3.05, 3.63) is 100.0 Å². The van der Waals surface area contributed by atoms with Crippen molar-refractivity contribution in [3.63, 3.8) is 0 Å². The molecule has 3 heterocycles. The first-order valence-corrected chi connectivity index (χ1v) is 13.4. The third-order valence-electron chi connectivity index (χ3n) is 8.24. The Labute approximate surface area is 235 Å². The van der Waals surface area contributed by atoms with Gasteiger partial charge in [0.1, 0.15) is 29.7 Å². The minimum atomic E-state index is -1.50. The molecule has 1 aliphatic rings. The number of H-pyrrole nitrogens is 1. The van der Waals surface area contributed by atoms with Crippen LogP contribution in [0.2, 0.25) is 0 Å². The lowest BCUT2D eigenvalue weighted by Gasteiger charge is -2.17. The first-order chi connectivity index (χ1) is 20.4. The molecule has 0 amide bonds. The molecule has 0 bridgehead atoms. The first kappa shape index (κ1) is 24.8. The van der Waals surface area contributed by atoms with Crippen LogP contribution in [0.25, 0.3) is 60.0 Å². The molecule has 11 heteroatoms. The summed E-state index contributed by atoms with van der Waals surface area (Å²) in [7, 11) is 0. The second-order valence-electron chi connectivity index (χ2n) is 10.6. The fourth-order valence-corrected chi connectivity index (χ4v) is 6.25. The van der Waals surface area contributed by atoms with Crippen LogP contribution < -0.4 is 11.2 Å². The fourth-order valence-electron chi connectivity index (χ4n) is 6.25. The van der Waals surface area contributed by atoms with E-state index in [1.54, 1.807) is 6.20 Å². The zero-order valence-electron chi connectivity index (χ0n) is 21.9. The molecule has 4 atom stereocenters. The van der Waals surface area contributed by atoms with Crippen LogP contribution in [0.5, 0.6) is 0 Å². The van der Waals surface area contributed by atoms with Crippen molar-refractivity contribution in [1.82, 2.24) is 24.5 Å². The van der Waals surface area contributed by atoms with Gasteiger partial charge in [0.15, 0.2) is 6.23 Å². The van der Waals surface area contributed by atoms with Gasteiger partial charge in [-0.2, -0.15) is 0 Å². The van der Waals surface area contributed by atoms with E-state index in [9.17, 15) is 24.9 Å². The summed E-state index contributed by atoms with van der Waals surface area (Å²) >= 11 is 0. The van der Waals surface area contributed by atoms with E-state index in [1.807, 2.05) is 12.1 Å². The van der Waals surface area contributed by atoms with Gasteiger partial charge in [0.2, 0.25) is 0 Å².